The van der Waals surface area contributed by atoms with E-state index in [2.05, 4.69) is 26.7 Å². The molecule has 4 heteroatoms. The summed E-state index contributed by atoms with van der Waals surface area (Å²) < 4.78 is 0. The molecule has 0 atom stereocenters. The third kappa shape index (κ3) is 1.99. The van der Waals surface area contributed by atoms with E-state index >= 15 is 0 Å². The van der Waals surface area contributed by atoms with E-state index in [-0.39, 0.29) is 0 Å². The van der Waals surface area contributed by atoms with E-state index in [0.717, 1.165) is 11.6 Å². The Balaban J connectivity index is 1.88. The van der Waals surface area contributed by atoms with Crippen molar-refractivity contribution in [2.75, 3.05) is 5.32 Å². The Morgan fingerprint density at radius 1 is 1.33 bits per heavy atom. The fraction of sp³-hybridized carbons (Fsp3) is 0.273. The Morgan fingerprint density at radius 2 is 2.27 bits per heavy atom. The Labute approximate surface area is 92.2 Å². The summed E-state index contributed by atoms with van der Waals surface area (Å²) in [5.74, 6) is 0.753. The number of thiophene rings is 1. The normalized spacial score (nSPS) is 15.2. The van der Waals surface area contributed by atoms with Crippen molar-refractivity contribution in [3.05, 3.63) is 29.8 Å². The minimum absolute atomic E-state index is 0.601. The van der Waals surface area contributed by atoms with Gasteiger partial charge in [-0.3, -0.25) is 0 Å². The molecule has 0 saturated heterocycles. The molecule has 1 aliphatic rings. The predicted octanol–water partition coefficient (Wildman–Crippen LogP) is 2.78. The standard InChI is InChI=1S/C11H11N3S/c1-2-10(15-7-1)9-5-6-12-11(14-9)13-8-3-4-8/h1-2,5-8H,3-4H2,(H,12,13,14). The van der Waals surface area contributed by atoms with Crippen LogP contribution in [0.4, 0.5) is 5.95 Å². The van der Waals surface area contributed by atoms with Crippen molar-refractivity contribution in [2.24, 2.45) is 0 Å². The number of nitrogens with one attached hydrogen (secondary N) is 1. The topological polar surface area (TPSA) is 37.8 Å². The van der Waals surface area contributed by atoms with E-state index in [9.17, 15) is 0 Å². The van der Waals surface area contributed by atoms with Crippen molar-refractivity contribution < 1.29 is 0 Å². The second-order valence-corrected chi connectivity index (χ2v) is 4.61. The highest BCUT2D eigenvalue weighted by atomic mass is 32.1. The highest BCUT2D eigenvalue weighted by Gasteiger charge is 2.21. The number of hydrogen-bond acceptors (Lipinski definition) is 4. The second kappa shape index (κ2) is 3.62. The van der Waals surface area contributed by atoms with Crippen LogP contribution in [0.5, 0.6) is 0 Å². The van der Waals surface area contributed by atoms with Gasteiger partial charge < -0.3 is 5.32 Å². The van der Waals surface area contributed by atoms with Gasteiger partial charge in [0.25, 0.3) is 0 Å². The van der Waals surface area contributed by atoms with Crippen molar-refractivity contribution in [1.82, 2.24) is 9.97 Å². The van der Waals surface area contributed by atoms with E-state index in [1.807, 2.05) is 18.3 Å². The molecule has 15 heavy (non-hydrogen) atoms. The van der Waals surface area contributed by atoms with Crippen LogP contribution in [0.15, 0.2) is 29.8 Å². The Hall–Kier alpha value is -1.42. The molecule has 0 aromatic carbocycles. The predicted molar refractivity (Wildman–Crippen MR) is 62.0 cm³/mol. The summed E-state index contributed by atoms with van der Waals surface area (Å²) in [4.78, 5) is 9.89. The molecular formula is C11H11N3S. The minimum atomic E-state index is 0.601. The molecule has 76 valence electrons. The summed E-state index contributed by atoms with van der Waals surface area (Å²) in [7, 11) is 0. The molecule has 2 heterocycles. The van der Waals surface area contributed by atoms with Gasteiger partial charge in [-0.05, 0) is 30.4 Å². The van der Waals surface area contributed by atoms with Crippen molar-refractivity contribution >= 4 is 17.3 Å². The summed E-state index contributed by atoms with van der Waals surface area (Å²) in [5.41, 5.74) is 1.00. The van der Waals surface area contributed by atoms with Gasteiger partial charge in [-0.15, -0.1) is 11.3 Å². The zero-order chi connectivity index (χ0) is 10.1. The monoisotopic (exact) mass is 217 g/mol. The Bertz CT molecular complexity index is 449. The molecule has 1 aliphatic carbocycles. The molecule has 0 amide bonds. The van der Waals surface area contributed by atoms with E-state index < -0.39 is 0 Å². The molecule has 1 N–H and O–H groups in total. The van der Waals surface area contributed by atoms with Crippen molar-refractivity contribution in [1.29, 1.82) is 0 Å². The first-order valence-corrected chi connectivity index (χ1v) is 5.93. The number of aromatic nitrogens is 2. The van der Waals surface area contributed by atoms with Crippen LogP contribution in [0.3, 0.4) is 0 Å². The van der Waals surface area contributed by atoms with Crippen LogP contribution < -0.4 is 5.32 Å². The maximum atomic E-state index is 4.48. The van der Waals surface area contributed by atoms with Crippen LogP contribution in [-0.4, -0.2) is 16.0 Å². The van der Waals surface area contributed by atoms with Crippen LogP contribution in [0.1, 0.15) is 12.8 Å². The van der Waals surface area contributed by atoms with Gasteiger partial charge in [0, 0.05) is 12.2 Å². The number of nitrogens with zero attached hydrogens (tertiary/aromatic N) is 2. The first-order valence-electron chi connectivity index (χ1n) is 5.05. The molecule has 1 saturated carbocycles. The molecule has 0 unspecified atom stereocenters. The molecule has 2 aromatic heterocycles. The first kappa shape index (κ1) is 8.85. The number of anilines is 1. The molecule has 0 spiro atoms. The molecular weight excluding hydrogens is 206 g/mol. The lowest BCUT2D eigenvalue weighted by Crippen LogP contribution is -2.05. The average molecular weight is 217 g/mol. The zero-order valence-corrected chi connectivity index (χ0v) is 9.00. The maximum Gasteiger partial charge on any atom is 0.223 e. The van der Waals surface area contributed by atoms with E-state index in [4.69, 9.17) is 0 Å². The van der Waals surface area contributed by atoms with Crippen LogP contribution in [0.25, 0.3) is 10.6 Å². The average Bonchev–Trinajstić information content (AvgIpc) is 2.91. The smallest absolute Gasteiger partial charge is 0.223 e. The number of hydrogen-bond donors (Lipinski definition) is 1. The third-order valence-electron chi connectivity index (χ3n) is 2.34. The summed E-state index contributed by atoms with van der Waals surface area (Å²) in [6, 6.07) is 6.66. The van der Waals surface area contributed by atoms with Gasteiger partial charge in [0.1, 0.15) is 0 Å². The summed E-state index contributed by atoms with van der Waals surface area (Å²) in [6.45, 7) is 0. The van der Waals surface area contributed by atoms with Crippen LogP contribution in [-0.2, 0) is 0 Å². The number of rotatable bonds is 3. The summed E-state index contributed by atoms with van der Waals surface area (Å²) in [6.07, 6.45) is 4.30. The van der Waals surface area contributed by atoms with E-state index in [1.54, 1.807) is 11.3 Å². The van der Waals surface area contributed by atoms with E-state index in [0.29, 0.717) is 6.04 Å². The van der Waals surface area contributed by atoms with Crippen molar-refractivity contribution in [2.45, 2.75) is 18.9 Å². The van der Waals surface area contributed by atoms with Crippen LogP contribution >= 0.6 is 11.3 Å². The fourth-order valence-corrected chi connectivity index (χ4v) is 2.10. The highest BCUT2D eigenvalue weighted by Crippen LogP contribution is 2.25. The van der Waals surface area contributed by atoms with Gasteiger partial charge in [0.15, 0.2) is 0 Å². The lowest BCUT2D eigenvalue weighted by atomic mass is 10.3. The largest absolute Gasteiger partial charge is 0.351 e. The molecule has 3 nitrogen and oxygen atoms in total. The Kier molecular flexibility index (Phi) is 2.14. The molecule has 1 fully saturated rings. The zero-order valence-electron chi connectivity index (χ0n) is 8.18. The van der Waals surface area contributed by atoms with Crippen LogP contribution in [0, 0.1) is 0 Å². The van der Waals surface area contributed by atoms with Gasteiger partial charge in [0.05, 0.1) is 10.6 Å². The lowest BCUT2D eigenvalue weighted by molar-refractivity contribution is 1.06. The maximum absolute atomic E-state index is 4.48. The van der Waals surface area contributed by atoms with Gasteiger partial charge in [-0.2, -0.15) is 0 Å². The highest BCUT2D eigenvalue weighted by molar-refractivity contribution is 7.13. The van der Waals surface area contributed by atoms with Gasteiger partial charge in [0.2, 0.25) is 5.95 Å². The molecule has 0 radical (unpaired) electrons. The molecule has 0 bridgehead atoms. The lowest BCUT2D eigenvalue weighted by Gasteiger charge is -2.03. The first-order chi connectivity index (χ1) is 7.42. The van der Waals surface area contributed by atoms with Gasteiger partial charge in [-0.25, -0.2) is 9.97 Å². The second-order valence-electron chi connectivity index (χ2n) is 3.66. The fourth-order valence-electron chi connectivity index (χ4n) is 1.40. The molecule has 0 aliphatic heterocycles. The van der Waals surface area contributed by atoms with Gasteiger partial charge in [-0.1, -0.05) is 6.07 Å². The minimum Gasteiger partial charge on any atom is -0.351 e. The Morgan fingerprint density at radius 3 is 3.00 bits per heavy atom. The van der Waals surface area contributed by atoms with Gasteiger partial charge >= 0.3 is 0 Å². The SMILES string of the molecule is c1csc(-c2ccnc(NC3CC3)n2)c1. The molecule has 2 aromatic rings. The van der Waals surface area contributed by atoms with E-state index in [1.165, 1.54) is 17.7 Å². The summed E-state index contributed by atoms with van der Waals surface area (Å²) in [5, 5.41) is 5.36. The molecule has 3 rings (SSSR count). The van der Waals surface area contributed by atoms with Crippen molar-refractivity contribution in [3.63, 3.8) is 0 Å². The quantitative estimate of drug-likeness (QED) is 0.859. The summed E-state index contributed by atoms with van der Waals surface area (Å²) >= 11 is 1.70. The third-order valence-corrected chi connectivity index (χ3v) is 3.23. The van der Waals surface area contributed by atoms with Crippen molar-refractivity contribution in [3.8, 4) is 10.6 Å². The van der Waals surface area contributed by atoms with Crippen LogP contribution in [0.2, 0.25) is 0 Å².